The van der Waals surface area contributed by atoms with Gasteiger partial charge < -0.3 is 10.3 Å². The summed E-state index contributed by atoms with van der Waals surface area (Å²) in [6.45, 7) is 3.30. The van der Waals surface area contributed by atoms with Gasteiger partial charge in [-0.05, 0) is 45.1 Å². The molecule has 100 valence electrons. The number of anilines is 1. The summed E-state index contributed by atoms with van der Waals surface area (Å²) in [6.07, 6.45) is 4.48. The number of nitrogens with one attached hydrogen (secondary N) is 1. The number of nitrogens with zero attached hydrogens (tertiary/aromatic N) is 3. The van der Waals surface area contributed by atoms with Crippen LogP contribution in [0.3, 0.4) is 0 Å². The Morgan fingerprint density at radius 1 is 1.50 bits per heavy atom. The average molecular weight is 249 g/mol. The van der Waals surface area contributed by atoms with Gasteiger partial charge >= 0.3 is 0 Å². The monoisotopic (exact) mass is 249 g/mol. The molecule has 3 N–H and O–H groups in total. The molecular weight excluding hydrogens is 226 g/mol. The van der Waals surface area contributed by atoms with E-state index in [2.05, 4.69) is 40.4 Å². The summed E-state index contributed by atoms with van der Waals surface area (Å²) in [6, 6.07) is 4.68. The molecule has 0 radical (unpaired) electrons. The van der Waals surface area contributed by atoms with Crippen LogP contribution in [0.15, 0.2) is 18.3 Å². The van der Waals surface area contributed by atoms with Crippen LogP contribution >= 0.6 is 0 Å². The molecule has 0 spiro atoms. The first-order valence-electron chi connectivity index (χ1n) is 6.49. The Kier molecular flexibility index (Phi) is 4.52. The zero-order valence-electron chi connectivity index (χ0n) is 11.3. The predicted octanol–water partition coefficient (Wildman–Crippen LogP) is 0.893. The van der Waals surface area contributed by atoms with Crippen LogP contribution < -0.4 is 11.3 Å². The third-order valence-corrected chi connectivity index (χ3v) is 3.59. The maximum atomic E-state index is 5.31. The maximum Gasteiger partial charge on any atom is 0.139 e. The van der Waals surface area contributed by atoms with Gasteiger partial charge in [-0.25, -0.2) is 10.8 Å². The molecule has 1 aromatic heterocycles. The van der Waals surface area contributed by atoms with Crippen LogP contribution in [-0.4, -0.2) is 48.0 Å². The van der Waals surface area contributed by atoms with E-state index >= 15 is 0 Å². The lowest BCUT2D eigenvalue weighted by atomic mass is 10.0. The van der Waals surface area contributed by atoms with Crippen molar-refractivity contribution in [2.45, 2.75) is 25.4 Å². The molecule has 1 aromatic rings. The summed E-state index contributed by atoms with van der Waals surface area (Å²) in [5.74, 6) is 6.02. The number of hydrogen-bond donors (Lipinski definition) is 2. The van der Waals surface area contributed by atoms with E-state index < -0.39 is 0 Å². The van der Waals surface area contributed by atoms with Crippen LogP contribution in [0.4, 0.5) is 5.82 Å². The van der Waals surface area contributed by atoms with Gasteiger partial charge in [-0.1, -0.05) is 6.07 Å². The molecule has 5 nitrogen and oxygen atoms in total. The van der Waals surface area contributed by atoms with Crippen LogP contribution in [-0.2, 0) is 6.54 Å². The minimum absolute atomic E-state index is 0.677. The Morgan fingerprint density at radius 2 is 2.33 bits per heavy atom. The van der Waals surface area contributed by atoms with Crippen molar-refractivity contribution in [3.63, 3.8) is 0 Å². The molecule has 1 aliphatic rings. The fourth-order valence-electron chi connectivity index (χ4n) is 2.46. The zero-order valence-corrected chi connectivity index (χ0v) is 11.3. The van der Waals surface area contributed by atoms with Gasteiger partial charge in [0.2, 0.25) is 0 Å². The number of pyridine rings is 1. The van der Waals surface area contributed by atoms with E-state index in [0.717, 1.165) is 13.1 Å². The minimum Gasteiger partial charge on any atom is -0.308 e. The van der Waals surface area contributed by atoms with Crippen LogP contribution in [0.1, 0.15) is 18.4 Å². The quantitative estimate of drug-likeness (QED) is 0.613. The highest BCUT2D eigenvalue weighted by atomic mass is 15.2. The van der Waals surface area contributed by atoms with E-state index in [0.29, 0.717) is 11.9 Å². The number of nitrogen functional groups attached to an aromatic ring is 1. The number of hydrazine groups is 1. The van der Waals surface area contributed by atoms with Gasteiger partial charge in [0.15, 0.2) is 0 Å². The molecular formula is C13H23N5. The molecule has 1 fully saturated rings. The highest BCUT2D eigenvalue weighted by molar-refractivity contribution is 5.33. The minimum atomic E-state index is 0.677. The summed E-state index contributed by atoms with van der Waals surface area (Å²) in [5.41, 5.74) is 3.79. The standard InChI is InChI=1S/C13H23N5/c1-17(2)12-4-3-7-18(10-12)9-11-5-6-13(16-14)15-8-11/h5-6,8,12H,3-4,7,9-10,14H2,1-2H3,(H,15,16). The van der Waals surface area contributed by atoms with Gasteiger partial charge in [0, 0.05) is 25.3 Å². The smallest absolute Gasteiger partial charge is 0.139 e. The van der Waals surface area contributed by atoms with Crippen molar-refractivity contribution in [2.75, 3.05) is 32.6 Å². The Balaban J connectivity index is 1.91. The molecule has 0 bridgehead atoms. The molecule has 5 heteroatoms. The fraction of sp³-hybridized carbons (Fsp3) is 0.615. The van der Waals surface area contributed by atoms with E-state index in [1.54, 1.807) is 0 Å². The SMILES string of the molecule is CN(C)C1CCCN(Cc2ccc(NN)nc2)C1. The van der Waals surface area contributed by atoms with Crippen molar-refractivity contribution in [1.82, 2.24) is 14.8 Å². The molecule has 2 rings (SSSR count). The lowest BCUT2D eigenvalue weighted by Gasteiger charge is -2.36. The van der Waals surface area contributed by atoms with Gasteiger partial charge in [-0.2, -0.15) is 0 Å². The first-order valence-corrected chi connectivity index (χ1v) is 6.49. The van der Waals surface area contributed by atoms with Gasteiger partial charge in [0.25, 0.3) is 0 Å². The van der Waals surface area contributed by atoms with E-state index in [1.807, 2.05) is 12.3 Å². The van der Waals surface area contributed by atoms with Gasteiger partial charge in [-0.3, -0.25) is 4.90 Å². The van der Waals surface area contributed by atoms with Crippen LogP contribution in [0.5, 0.6) is 0 Å². The second-order valence-corrected chi connectivity index (χ2v) is 5.19. The second-order valence-electron chi connectivity index (χ2n) is 5.19. The Labute approximate surface area is 109 Å². The molecule has 2 heterocycles. The van der Waals surface area contributed by atoms with E-state index in [1.165, 1.54) is 24.9 Å². The van der Waals surface area contributed by atoms with Crippen molar-refractivity contribution < 1.29 is 0 Å². The molecule has 1 saturated heterocycles. The molecule has 0 amide bonds. The summed E-state index contributed by atoms with van der Waals surface area (Å²) >= 11 is 0. The Morgan fingerprint density at radius 3 is 2.94 bits per heavy atom. The highest BCUT2D eigenvalue weighted by Gasteiger charge is 2.21. The molecule has 1 aliphatic heterocycles. The number of rotatable bonds is 4. The van der Waals surface area contributed by atoms with E-state index in [4.69, 9.17) is 5.84 Å². The van der Waals surface area contributed by atoms with E-state index in [9.17, 15) is 0 Å². The second kappa shape index (κ2) is 6.13. The van der Waals surface area contributed by atoms with Gasteiger partial charge in [0.1, 0.15) is 5.82 Å². The highest BCUT2D eigenvalue weighted by Crippen LogP contribution is 2.16. The van der Waals surface area contributed by atoms with Crippen molar-refractivity contribution >= 4 is 5.82 Å². The van der Waals surface area contributed by atoms with Gasteiger partial charge in [0.05, 0.1) is 0 Å². The molecule has 1 unspecified atom stereocenters. The van der Waals surface area contributed by atoms with E-state index in [-0.39, 0.29) is 0 Å². The number of likely N-dealkylation sites (N-methyl/N-ethyl adjacent to an activating group) is 1. The Bertz CT molecular complexity index is 362. The number of nitrogens with two attached hydrogens (primary N) is 1. The zero-order chi connectivity index (χ0) is 13.0. The van der Waals surface area contributed by atoms with Crippen LogP contribution in [0, 0.1) is 0 Å². The predicted molar refractivity (Wildman–Crippen MR) is 74.0 cm³/mol. The molecule has 1 atom stereocenters. The lowest BCUT2D eigenvalue weighted by molar-refractivity contribution is 0.128. The first kappa shape index (κ1) is 13.3. The van der Waals surface area contributed by atoms with Gasteiger partial charge in [-0.15, -0.1) is 0 Å². The fourth-order valence-corrected chi connectivity index (χ4v) is 2.46. The number of aromatic nitrogens is 1. The van der Waals surface area contributed by atoms with Crippen molar-refractivity contribution in [3.8, 4) is 0 Å². The molecule has 0 saturated carbocycles. The average Bonchev–Trinajstić information content (AvgIpc) is 2.40. The van der Waals surface area contributed by atoms with Crippen molar-refractivity contribution in [1.29, 1.82) is 0 Å². The topological polar surface area (TPSA) is 57.4 Å². The summed E-state index contributed by atoms with van der Waals surface area (Å²) in [5, 5.41) is 0. The van der Waals surface area contributed by atoms with Crippen molar-refractivity contribution in [2.24, 2.45) is 5.84 Å². The van der Waals surface area contributed by atoms with Crippen LogP contribution in [0.2, 0.25) is 0 Å². The third kappa shape index (κ3) is 3.41. The largest absolute Gasteiger partial charge is 0.308 e. The summed E-state index contributed by atoms with van der Waals surface area (Å²) in [7, 11) is 4.33. The number of hydrogen-bond acceptors (Lipinski definition) is 5. The molecule has 18 heavy (non-hydrogen) atoms. The lowest BCUT2D eigenvalue weighted by Crippen LogP contribution is -2.44. The summed E-state index contributed by atoms with van der Waals surface area (Å²) < 4.78 is 0. The molecule has 0 aromatic carbocycles. The Hall–Kier alpha value is -1.17. The maximum absolute atomic E-state index is 5.31. The number of piperidine rings is 1. The van der Waals surface area contributed by atoms with Crippen LogP contribution in [0.25, 0.3) is 0 Å². The first-order chi connectivity index (χ1) is 8.69. The normalized spacial score (nSPS) is 21.2. The summed E-state index contributed by atoms with van der Waals surface area (Å²) in [4.78, 5) is 9.07. The third-order valence-electron chi connectivity index (χ3n) is 3.59. The van der Waals surface area contributed by atoms with Crippen molar-refractivity contribution in [3.05, 3.63) is 23.9 Å². The molecule has 0 aliphatic carbocycles. The number of likely N-dealkylation sites (tertiary alicyclic amines) is 1.